The van der Waals surface area contributed by atoms with E-state index in [1.807, 2.05) is 64.2 Å². The van der Waals surface area contributed by atoms with Crippen LogP contribution in [-0.2, 0) is 19.7 Å². The molecule has 3 fully saturated rings. The van der Waals surface area contributed by atoms with E-state index >= 15 is 0 Å². The molecule has 3 aromatic rings. The number of benzene rings is 2. The molecule has 2 saturated carbocycles. The fourth-order valence-corrected chi connectivity index (χ4v) is 7.29. The van der Waals surface area contributed by atoms with Crippen LogP contribution in [0.4, 0.5) is 4.79 Å². The second kappa shape index (κ2) is 13.1. The highest BCUT2D eigenvalue weighted by molar-refractivity contribution is 6.31. The molecular weight excluding hydrogens is 616 g/mol. The van der Waals surface area contributed by atoms with Crippen LogP contribution in [0.3, 0.4) is 0 Å². The predicted molar refractivity (Wildman–Crippen MR) is 182 cm³/mol. The van der Waals surface area contributed by atoms with Gasteiger partial charge in [-0.2, -0.15) is 0 Å². The standard InChI is InChI=1S/C36H47ClN6O4/c1-6-38-32(44)29(21(2)3)41-33(45)36(17-18-47-20-36)22-11-14-26-27(19-22)40-31(39-26)30(42-34(46)43(5)23-12-13-23)28(35(4)15-16-35)24-9-7-8-10-25(24)37/h7-11,14,19,21,23,28-30H,6,12-13,15-18,20H2,1-5H3,(H,38,44)(H,39,40)(H,41,45)(H,42,46)/t28-,29+,30-,36?/m0/s1. The highest BCUT2D eigenvalue weighted by Crippen LogP contribution is 2.60. The normalized spacial score (nSPS) is 22.0. The Kier molecular flexibility index (Phi) is 9.28. The summed E-state index contributed by atoms with van der Waals surface area (Å²) in [6.45, 7) is 9.09. The number of nitrogens with zero attached hydrogens (tertiary/aromatic N) is 2. The quantitative estimate of drug-likeness (QED) is 0.201. The molecule has 47 heavy (non-hydrogen) atoms. The van der Waals surface area contributed by atoms with Gasteiger partial charge in [0.1, 0.15) is 11.9 Å². The minimum Gasteiger partial charge on any atom is -0.380 e. The Bertz CT molecular complexity index is 1640. The van der Waals surface area contributed by atoms with E-state index in [1.165, 1.54) is 0 Å². The number of hydrogen-bond acceptors (Lipinski definition) is 5. The van der Waals surface area contributed by atoms with E-state index in [0.29, 0.717) is 30.4 Å². The van der Waals surface area contributed by atoms with Gasteiger partial charge in [-0.1, -0.05) is 56.6 Å². The third kappa shape index (κ3) is 6.59. The Morgan fingerprint density at radius 2 is 1.85 bits per heavy atom. The first-order valence-corrected chi connectivity index (χ1v) is 17.3. The van der Waals surface area contributed by atoms with E-state index in [0.717, 1.165) is 47.8 Å². The molecule has 1 unspecified atom stereocenters. The molecular formula is C36H47ClN6O4. The number of aromatic nitrogens is 2. The zero-order valence-corrected chi connectivity index (χ0v) is 28.7. The lowest BCUT2D eigenvalue weighted by molar-refractivity contribution is -0.133. The summed E-state index contributed by atoms with van der Waals surface area (Å²) in [6, 6.07) is 12.7. The van der Waals surface area contributed by atoms with Gasteiger partial charge in [0, 0.05) is 37.2 Å². The van der Waals surface area contributed by atoms with Gasteiger partial charge in [0.2, 0.25) is 11.8 Å². The summed E-state index contributed by atoms with van der Waals surface area (Å²) in [4.78, 5) is 50.8. The lowest BCUT2D eigenvalue weighted by Crippen LogP contribution is -2.55. The number of nitrogens with one attached hydrogen (secondary N) is 4. The van der Waals surface area contributed by atoms with Crippen LogP contribution in [0.5, 0.6) is 0 Å². The van der Waals surface area contributed by atoms with E-state index in [1.54, 1.807) is 4.90 Å². The number of rotatable bonds is 12. The molecule has 4 amide bonds. The molecule has 4 atom stereocenters. The lowest BCUT2D eigenvalue weighted by atomic mass is 9.78. The molecule has 1 aromatic heterocycles. The minimum absolute atomic E-state index is 0.0639. The number of hydrogen-bond donors (Lipinski definition) is 4. The number of H-pyrrole nitrogens is 1. The fraction of sp³-hybridized carbons (Fsp3) is 0.556. The zero-order valence-electron chi connectivity index (χ0n) is 28.0. The van der Waals surface area contributed by atoms with E-state index in [-0.39, 0.29) is 47.7 Å². The van der Waals surface area contributed by atoms with Crippen LogP contribution in [0.2, 0.25) is 5.02 Å². The summed E-state index contributed by atoms with van der Waals surface area (Å²) < 4.78 is 5.82. The van der Waals surface area contributed by atoms with Gasteiger partial charge in [0.25, 0.3) is 0 Å². The third-order valence-corrected chi connectivity index (χ3v) is 10.8. The molecule has 4 N–H and O–H groups in total. The smallest absolute Gasteiger partial charge is 0.317 e. The van der Waals surface area contributed by atoms with Crippen molar-refractivity contribution >= 4 is 40.5 Å². The van der Waals surface area contributed by atoms with Crippen LogP contribution >= 0.6 is 11.6 Å². The second-order valence-corrected chi connectivity index (χ2v) is 14.7. The molecule has 11 heteroatoms. The Labute approximate surface area is 281 Å². The average molecular weight is 663 g/mol. The van der Waals surface area contributed by atoms with Crippen molar-refractivity contribution in [3.05, 3.63) is 64.4 Å². The van der Waals surface area contributed by atoms with Gasteiger partial charge >= 0.3 is 6.03 Å². The largest absolute Gasteiger partial charge is 0.380 e. The monoisotopic (exact) mass is 662 g/mol. The number of urea groups is 1. The summed E-state index contributed by atoms with van der Waals surface area (Å²) >= 11 is 6.83. The molecule has 10 nitrogen and oxygen atoms in total. The first kappa shape index (κ1) is 33.3. The van der Waals surface area contributed by atoms with Gasteiger partial charge in [0.05, 0.1) is 29.1 Å². The van der Waals surface area contributed by atoms with Crippen LogP contribution in [0.15, 0.2) is 42.5 Å². The average Bonchev–Trinajstić information content (AvgIpc) is 3.93. The van der Waals surface area contributed by atoms with E-state index in [9.17, 15) is 14.4 Å². The molecule has 6 rings (SSSR count). The van der Waals surface area contributed by atoms with Crippen LogP contribution in [0.1, 0.15) is 88.7 Å². The molecule has 252 valence electrons. The van der Waals surface area contributed by atoms with Crippen molar-refractivity contribution in [3.63, 3.8) is 0 Å². The summed E-state index contributed by atoms with van der Waals surface area (Å²) in [7, 11) is 1.85. The Balaban J connectivity index is 1.37. The molecule has 2 aromatic carbocycles. The molecule has 0 radical (unpaired) electrons. The Hall–Kier alpha value is -3.63. The van der Waals surface area contributed by atoms with Gasteiger partial charge in [-0.05, 0) is 79.7 Å². The van der Waals surface area contributed by atoms with Crippen molar-refractivity contribution in [3.8, 4) is 0 Å². The maximum absolute atomic E-state index is 14.0. The number of likely N-dealkylation sites (N-methyl/N-ethyl adjacent to an activating group) is 1. The first-order valence-electron chi connectivity index (χ1n) is 16.9. The second-order valence-electron chi connectivity index (χ2n) is 14.3. The summed E-state index contributed by atoms with van der Waals surface area (Å²) in [5.74, 6) is 0.0116. The van der Waals surface area contributed by atoms with E-state index in [4.69, 9.17) is 21.3 Å². The van der Waals surface area contributed by atoms with Gasteiger partial charge in [-0.25, -0.2) is 9.78 Å². The van der Waals surface area contributed by atoms with E-state index < -0.39 is 17.5 Å². The van der Waals surface area contributed by atoms with Crippen molar-refractivity contribution in [2.75, 3.05) is 26.8 Å². The van der Waals surface area contributed by atoms with E-state index in [2.05, 4.69) is 33.9 Å². The third-order valence-electron chi connectivity index (χ3n) is 10.4. The van der Waals surface area contributed by atoms with Crippen LogP contribution in [0.25, 0.3) is 11.0 Å². The topological polar surface area (TPSA) is 128 Å². The number of amides is 4. The zero-order chi connectivity index (χ0) is 33.5. The van der Waals surface area contributed by atoms with Crippen molar-refractivity contribution in [1.29, 1.82) is 0 Å². The molecule has 2 aliphatic carbocycles. The maximum atomic E-state index is 14.0. The SMILES string of the molecule is CCNC(=O)[C@H](NC(=O)C1(c2ccc3nc([C@@H](NC(=O)N(C)C4CC4)[C@H](c4ccccc4Cl)C4(C)CC4)[nH]c3c2)CCOC1)C(C)C. The lowest BCUT2D eigenvalue weighted by Gasteiger charge is -2.34. The number of ether oxygens (including phenoxy) is 1. The number of halogens is 1. The number of imidazole rings is 1. The van der Waals surface area contributed by atoms with Gasteiger partial charge < -0.3 is 30.6 Å². The maximum Gasteiger partial charge on any atom is 0.317 e. The van der Waals surface area contributed by atoms with Crippen molar-refractivity contribution < 1.29 is 19.1 Å². The van der Waals surface area contributed by atoms with Crippen molar-refractivity contribution in [1.82, 2.24) is 30.8 Å². The molecule has 3 aliphatic rings. The van der Waals surface area contributed by atoms with Gasteiger partial charge in [0.15, 0.2) is 0 Å². The van der Waals surface area contributed by atoms with Gasteiger partial charge in [-0.15, -0.1) is 0 Å². The Morgan fingerprint density at radius 1 is 1.11 bits per heavy atom. The van der Waals surface area contributed by atoms with Crippen LogP contribution in [-0.4, -0.2) is 71.6 Å². The number of carbonyl (C=O) groups excluding carboxylic acids is 3. The predicted octanol–water partition coefficient (Wildman–Crippen LogP) is 5.58. The molecule has 2 heterocycles. The molecule has 0 bridgehead atoms. The molecule has 1 saturated heterocycles. The first-order chi connectivity index (χ1) is 22.5. The summed E-state index contributed by atoms with van der Waals surface area (Å²) in [6.07, 6.45) is 4.54. The van der Waals surface area contributed by atoms with Crippen LogP contribution in [0, 0.1) is 11.3 Å². The number of aromatic amines is 1. The van der Waals surface area contributed by atoms with Crippen LogP contribution < -0.4 is 16.0 Å². The number of fused-ring (bicyclic) bond motifs is 1. The fourth-order valence-electron chi connectivity index (χ4n) is 7.04. The molecule has 0 spiro atoms. The number of carbonyl (C=O) groups is 3. The highest BCUT2D eigenvalue weighted by Gasteiger charge is 2.51. The minimum atomic E-state index is -0.957. The molecule has 1 aliphatic heterocycles. The van der Waals surface area contributed by atoms with Gasteiger partial charge in [-0.3, -0.25) is 9.59 Å². The highest BCUT2D eigenvalue weighted by atomic mass is 35.5. The van der Waals surface area contributed by atoms with Crippen molar-refractivity contribution in [2.24, 2.45) is 11.3 Å². The summed E-state index contributed by atoms with van der Waals surface area (Å²) in [5.41, 5.74) is 2.25. The Morgan fingerprint density at radius 3 is 2.47 bits per heavy atom. The van der Waals surface area contributed by atoms with Crippen molar-refractivity contribution in [2.45, 2.75) is 89.3 Å². The summed E-state index contributed by atoms with van der Waals surface area (Å²) in [5, 5.41) is 9.90.